The van der Waals surface area contributed by atoms with E-state index in [2.05, 4.69) is 9.97 Å². The predicted octanol–water partition coefficient (Wildman–Crippen LogP) is 2.81. The van der Waals surface area contributed by atoms with Crippen LogP contribution in [0.15, 0.2) is 6.33 Å². The number of aromatic nitrogens is 2. The Bertz CT molecular complexity index is 265. The lowest BCUT2D eigenvalue weighted by Crippen LogP contribution is -1.94. The van der Waals surface area contributed by atoms with Gasteiger partial charge in [0.25, 0.3) is 0 Å². The Morgan fingerprint density at radius 1 is 1.45 bits per heavy atom. The first-order valence-corrected chi connectivity index (χ1v) is 3.68. The molecular formula is C6H5Cl2FN2. The highest BCUT2D eigenvalue weighted by Gasteiger charge is 2.12. The van der Waals surface area contributed by atoms with Gasteiger partial charge in [-0.1, -0.05) is 23.2 Å². The van der Waals surface area contributed by atoms with E-state index in [-0.39, 0.29) is 15.9 Å². The molecule has 0 saturated carbocycles. The number of hydrogen-bond acceptors (Lipinski definition) is 2. The molecule has 2 nitrogen and oxygen atoms in total. The molecule has 0 amide bonds. The van der Waals surface area contributed by atoms with Crippen LogP contribution in [0, 0.1) is 0 Å². The Kier molecular flexibility index (Phi) is 2.62. The van der Waals surface area contributed by atoms with E-state index in [0.717, 1.165) is 0 Å². The number of halogens is 3. The molecule has 1 aromatic rings. The molecular weight excluding hydrogens is 190 g/mol. The zero-order valence-corrected chi connectivity index (χ0v) is 7.19. The topological polar surface area (TPSA) is 25.8 Å². The molecule has 1 heterocycles. The van der Waals surface area contributed by atoms with Gasteiger partial charge in [-0.2, -0.15) is 0 Å². The highest BCUT2D eigenvalue weighted by molar-refractivity contribution is 6.41. The zero-order valence-electron chi connectivity index (χ0n) is 5.68. The maximum absolute atomic E-state index is 12.6. The molecule has 0 saturated heterocycles. The van der Waals surface area contributed by atoms with Crippen LogP contribution in [-0.2, 0) is 0 Å². The van der Waals surface area contributed by atoms with Crippen molar-refractivity contribution in [2.45, 2.75) is 13.1 Å². The molecule has 0 bridgehead atoms. The predicted molar refractivity (Wildman–Crippen MR) is 41.6 cm³/mol. The minimum absolute atomic E-state index is 0.0844. The lowest BCUT2D eigenvalue weighted by molar-refractivity contribution is 0.365. The fourth-order valence-electron chi connectivity index (χ4n) is 0.638. The SMILES string of the molecule is CC(F)c1ncnc(Cl)c1Cl. The highest BCUT2D eigenvalue weighted by Crippen LogP contribution is 2.27. The first-order chi connectivity index (χ1) is 5.13. The van der Waals surface area contributed by atoms with Gasteiger partial charge >= 0.3 is 0 Å². The molecule has 0 aliphatic heterocycles. The van der Waals surface area contributed by atoms with Crippen molar-refractivity contribution in [3.05, 3.63) is 22.2 Å². The molecule has 1 aromatic heterocycles. The van der Waals surface area contributed by atoms with Gasteiger partial charge in [0.2, 0.25) is 0 Å². The smallest absolute Gasteiger partial charge is 0.151 e. The maximum Gasteiger partial charge on any atom is 0.151 e. The summed E-state index contributed by atoms with van der Waals surface area (Å²) in [6, 6.07) is 0. The lowest BCUT2D eigenvalue weighted by atomic mass is 10.3. The normalized spacial score (nSPS) is 13.1. The molecule has 0 aromatic carbocycles. The van der Waals surface area contributed by atoms with Crippen molar-refractivity contribution in [2.24, 2.45) is 0 Å². The quantitative estimate of drug-likeness (QED) is 0.643. The standard InChI is InChI=1S/C6H5Cl2FN2/c1-3(9)5-4(7)6(8)11-2-10-5/h2-3H,1H3. The van der Waals surface area contributed by atoms with E-state index < -0.39 is 6.17 Å². The van der Waals surface area contributed by atoms with Crippen LogP contribution in [0.3, 0.4) is 0 Å². The van der Waals surface area contributed by atoms with Crippen molar-refractivity contribution in [1.29, 1.82) is 0 Å². The summed E-state index contributed by atoms with van der Waals surface area (Å²) in [4.78, 5) is 7.21. The van der Waals surface area contributed by atoms with Crippen LogP contribution >= 0.6 is 23.2 Å². The summed E-state index contributed by atoms with van der Waals surface area (Å²) in [5.74, 6) is 0. The van der Waals surface area contributed by atoms with Crippen LogP contribution in [0.2, 0.25) is 10.2 Å². The molecule has 0 N–H and O–H groups in total. The van der Waals surface area contributed by atoms with Crippen LogP contribution in [0.4, 0.5) is 4.39 Å². The van der Waals surface area contributed by atoms with Gasteiger partial charge in [0.15, 0.2) is 5.15 Å². The van der Waals surface area contributed by atoms with E-state index in [1.807, 2.05) is 0 Å². The van der Waals surface area contributed by atoms with E-state index in [9.17, 15) is 4.39 Å². The van der Waals surface area contributed by atoms with Crippen molar-refractivity contribution in [2.75, 3.05) is 0 Å². The largest absolute Gasteiger partial charge is 0.241 e. The Balaban J connectivity index is 3.17. The monoisotopic (exact) mass is 194 g/mol. The van der Waals surface area contributed by atoms with Gasteiger partial charge in [-0.3, -0.25) is 0 Å². The molecule has 0 aliphatic rings. The number of alkyl halides is 1. The summed E-state index contributed by atoms with van der Waals surface area (Å²) >= 11 is 11.1. The number of hydrogen-bond donors (Lipinski definition) is 0. The summed E-state index contributed by atoms with van der Waals surface area (Å²) in [6.07, 6.45) is -0.0393. The van der Waals surface area contributed by atoms with Gasteiger partial charge in [0.1, 0.15) is 17.5 Å². The third-order valence-electron chi connectivity index (χ3n) is 1.15. The lowest BCUT2D eigenvalue weighted by Gasteiger charge is -2.02. The second kappa shape index (κ2) is 3.32. The Labute approximate surface area is 73.4 Å². The summed E-state index contributed by atoms with van der Waals surface area (Å²) < 4.78 is 12.6. The van der Waals surface area contributed by atoms with Gasteiger partial charge in [-0.15, -0.1) is 0 Å². The minimum Gasteiger partial charge on any atom is -0.241 e. The molecule has 0 aliphatic carbocycles. The molecule has 11 heavy (non-hydrogen) atoms. The van der Waals surface area contributed by atoms with Crippen LogP contribution in [0.5, 0.6) is 0 Å². The van der Waals surface area contributed by atoms with Crippen LogP contribution in [0.25, 0.3) is 0 Å². The van der Waals surface area contributed by atoms with E-state index in [4.69, 9.17) is 23.2 Å². The molecule has 0 spiro atoms. The Morgan fingerprint density at radius 3 is 2.55 bits per heavy atom. The van der Waals surface area contributed by atoms with Crippen molar-refractivity contribution >= 4 is 23.2 Å². The minimum atomic E-state index is -1.22. The van der Waals surface area contributed by atoms with Crippen molar-refractivity contribution in [3.63, 3.8) is 0 Å². The van der Waals surface area contributed by atoms with Gasteiger partial charge in [0, 0.05) is 0 Å². The van der Waals surface area contributed by atoms with Crippen molar-refractivity contribution in [1.82, 2.24) is 9.97 Å². The van der Waals surface area contributed by atoms with Gasteiger partial charge in [-0.05, 0) is 6.92 Å². The van der Waals surface area contributed by atoms with Crippen LogP contribution < -0.4 is 0 Å². The number of rotatable bonds is 1. The fraction of sp³-hybridized carbons (Fsp3) is 0.333. The van der Waals surface area contributed by atoms with Crippen LogP contribution in [0.1, 0.15) is 18.8 Å². The Hall–Kier alpha value is -0.410. The third-order valence-corrected chi connectivity index (χ3v) is 1.91. The molecule has 1 unspecified atom stereocenters. The van der Waals surface area contributed by atoms with E-state index >= 15 is 0 Å². The van der Waals surface area contributed by atoms with Gasteiger partial charge in [-0.25, -0.2) is 14.4 Å². The Morgan fingerprint density at radius 2 is 2.09 bits per heavy atom. The second-order valence-corrected chi connectivity index (χ2v) is 2.72. The average Bonchev–Trinajstić information content (AvgIpc) is 1.94. The van der Waals surface area contributed by atoms with Gasteiger partial charge in [0.05, 0.1) is 5.69 Å². The van der Waals surface area contributed by atoms with Crippen LogP contribution in [-0.4, -0.2) is 9.97 Å². The summed E-state index contributed by atoms with van der Waals surface area (Å²) in [7, 11) is 0. The second-order valence-electron chi connectivity index (χ2n) is 1.98. The number of nitrogens with zero attached hydrogens (tertiary/aromatic N) is 2. The average molecular weight is 195 g/mol. The molecule has 0 radical (unpaired) electrons. The summed E-state index contributed by atoms with van der Waals surface area (Å²) in [5.41, 5.74) is 0.131. The van der Waals surface area contributed by atoms with Crippen molar-refractivity contribution in [3.8, 4) is 0 Å². The zero-order chi connectivity index (χ0) is 8.43. The third kappa shape index (κ3) is 1.79. The molecule has 60 valence electrons. The fourth-order valence-corrected chi connectivity index (χ4v) is 1.03. The maximum atomic E-state index is 12.6. The first-order valence-electron chi connectivity index (χ1n) is 2.93. The summed E-state index contributed by atoms with van der Waals surface area (Å²) in [5, 5.41) is 0.172. The molecule has 5 heteroatoms. The first kappa shape index (κ1) is 8.68. The van der Waals surface area contributed by atoms with Crippen molar-refractivity contribution < 1.29 is 4.39 Å². The molecule has 0 fully saturated rings. The summed E-state index contributed by atoms with van der Waals surface area (Å²) in [6.45, 7) is 1.34. The molecule has 1 atom stereocenters. The molecule has 1 rings (SSSR count). The van der Waals surface area contributed by atoms with Gasteiger partial charge < -0.3 is 0 Å². The highest BCUT2D eigenvalue weighted by atomic mass is 35.5. The van der Waals surface area contributed by atoms with E-state index in [0.29, 0.717) is 0 Å². The van der Waals surface area contributed by atoms with E-state index in [1.165, 1.54) is 13.3 Å². The van der Waals surface area contributed by atoms with E-state index in [1.54, 1.807) is 0 Å².